The van der Waals surface area contributed by atoms with E-state index in [1.54, 1.807) is 0 Å². The highest BCUT2D eigenvalue weighted by atomic mass is 16.3. The predicted molar refractivity (Wildman–Crippen MR) is 34.2 cm³/mol. The van der Waals surface area contributed by atoms with E-state index in [4.69, 9.17) is 15.7 Å². The first-order chi connectivity index (χ1) is 4.75. The first-order valence-electron chi connectivity index (χ1n) is 3.16. The van der Waals surface area contributed by atoms with Crippen molar-refractivity contribution in [2.75, 3.05) is 0 Å². The molecule has 56 valence electrons. The Bertz CT molecular complexity index is 156. The summed E-state index contributed by atoms with van der Waals surface area (Å²) < 4.78 is 0. The zero-order valence-electron chi connectivity index (χ0n) is 5.38. The number of hydrogen-bond acceptors (Lipinski definition) is 3. The number of nitrogens with zero attached hydrogens (tertiary/aromatic N) is 3. The molecule has 5 heteroatoms. The molecule has 0 spiro atoms. The van der Waals surface area contributed by atoms with Crippen molar-refractivity contribution in [3.63, 3.8) is 0 Å². The molecule has 0 radical (unpaired) electrons. The summed E-state index contributed by atoms with van der Waals surface area (Å²) in [4.78, 5) is 2.52. The maximum atomic E-state index is 9.07. The second-order valence-electron chi connectivity index (χ2n) is 2.41. The zero-order valence-corrected chi connectivity index (χ0v) is 5.38. The normalized spacial score (nSPS) is 39.2. The van der Waals surface area contributed by atoms with Gasteiger partial charge in [0.1, 0.15) is 0 Å². The monoisotopic (exact) mass is 143 g/mol. The van der Waals surface area contributed by atoms with Crippen LogP contribution in [0.5, 0.6) is 0 Å². The lowest BCUT2D eigenvalue weighted by Crippen LogP contribution is -2.25. The lowest BCUT2D eigenvalue weighted by atomic mass is 10.2. The van der Waals surface area contributed by atoms with Crippen molar-refractivity contribution >= 4 is 0 Å². The fraction of sp³-hybridized carbons (Fsp3) is 1.00. The average molecular weight is 143 g/mol. The van der Waals surface area contributed by atoms with E-state index >= 15 is 0 Å². The molecule has 1 rings (SSSR count). The summed E-state index contributed by atoms with van der Waals surface area (Å²) >= 11 is 0. The molecular formula is C5H9N3O2. The standard InChI is InChI=1S/C5H9N3O2/c6-8-7-5-3(9)1-2-4(5)10/h3-5,9-10H,1-2H2/t3-,4+,5?. The molecule has 1 aliphatic rings. The van der Waals surface area contributed by atoms with Gasteiger partial charge in [0.05, 0.1) is 18.2 Å². The van der Waals surface area contributed by atoms with Crippen LogP contribution in [-0.4, -0.2) is 28.5 Å². The van der Waals surface area contributed by atoms with E-state index in [-0.39, 0.29) is 0 Å². The Kier molecular flexibility index (Phi) is 2.11. The molecule has 0 heterocycles. The van der Waals surface area contributed by atoms with E-state index in [0.717, 1.165) is 0 Å². The Morgan fingerprint density at radius 1 is 1.30 bits per heavy atom. The van der Waals surface area contributed by atoms with Gasteiger partial charge in [-0.15, -0.1) is 0 Å². The third-order valence-corrected chi connectivity index (χ3v) is 1.73. The molecule has 0 bridgehead atoms. The summed E-state index contributed by atoms with van der Waals surface area (Å²) in [5.74, 6) is 0. The smallest absolute Gasteiger partial charge is 0.0892 e. The van der Waals surface area contributed by atoms with Crippen molar-refractivity contribution in [3.05, 3.63) is 10.4 Å². The first-order valence-corrected chi connectivity index (χ1v) is 3.16. The highest BCUT2D eigenvalue weighted by molar-refractivity contribution is 4.90. The summed E-state index contributed by atoms with van der Waals surface area (Å²) in [6.07, 6.45) is -0.285. The molecule has 0 aromatic carbocycles. The van der Waals surface area contributed by atoms with Gasteiger partial charge in [0, 0.05) is 4.91 Å². The van der Waals surface area contributed by atoms with E-state index in [1.165, 1.54) is 0 Å². The van der Waals surface area contributed by atoms with Crippen molar-refractivity contribution in [1.29, 1.82) is 0 Å². The fourth-order valence-electron chi connectivity index (χ4n) is 1.15. The maximum Gasteiger partial charge on any atom is 0.0892 e. The Morgan fingerprint density at radius 2 is 1.80 bits per heavy atom. The van der Waals surface area contributed by atoms with E-state index in [0.29, 0.717) is 12.8 Å². The van der Waals surface area contributed by atoms with Gasteiger partial charge in [0.25, 0.3) is 0 Å². The van der Waals surface area contributed by atoms with Crippen LogP contribution < -0.4 is 0 Å². The summed E-state index contributed by atoms with van der Waals surface area (Å²) in [5.41, 5.74) is 8.00. The Hall–Kier alpha value is -0.770. The molecule has 1 saturated carbocycles. The molecule has 1 fully saturated rings. The van der Waals surface area contributed by atoms with Gasteiger partial charge in [-0.3, -0.25) is 0 Å². The van der Waals surface area contributed by atoms with Gasteiger partial charge in [-0.2, -0.15) is 0 Å². The van der Waals surface area contributed by atoms with Crippen molar-refractivity contribution < 1.29 is 10.2 Å². The molecule has 5 nitrogen and oxygen atoms in total. The molecule has 1 aliphatic carbocycles. The minimum atomic E-state index is -0.661. The van der Waals surface area contributed by atoms with Crippen molar-refractivity contribution in [2.45, 2.75) is 31.1 Å². The fourth-order valence-corrected chi connectivity index (χ4v) is 1.15. The molecular weight excluding hydrogens is 134 g/mol. The first kappa shape index (κ1) is 7.34. The minimum absolute atomic E-state index is 0.519. The summed E-state index contributed by atoms with van der Waals surface area (Å²) in [7, 11) is 0. The molecule has 0 saturated heterocycles. The van der Waals surface area contributed by atoms with Crippen molar-refractivity contribution in [2.24, 2.45) is 5.11 Å². The minimum Gasteiger partial charge on any atom is -0.393 e. The third kappa shape index (κ3) is 1.21. The number of aliphatic hydroxyl groups excluding tert-OH is 2. The van der Waals surface area contributed by atoms with Crippen LogP contribution in [-0.2, 0) is 0 Å². The second-order valence-corrected chi connectivity index (χ2v) is 2.41. The molecule has 0 amide bonds. The summed E-state index contributed by atoms with van der Waals surface area (Å²) in [6.45, 7) is 0. The molecule has 10 heavy (non-hydrogen) atoms. The van der Waals surface area contributed by atoms with Crippen LogP contribution in [0.3, 0.4) is 0 Å². The third-order valence-electron chi connectivity index (χ3n) is 1.73. The highest BCUT2D eigenvalue weighted by Crippen LogP contribution is 2.22. The van der Waals surface area contributed by atoms with E-state index < -0.39 is 18.2 Å². The van der Waals surface area contributed by atoms with Crippen LogP contribution in [0.15, 0.2) is 5.11 Å². The summed E-state index contributed by atoms with van der Waals surface area (Å²) in [5, 5.41) is 21.4. The zero-order chi connectivity index (χ0) is 7.56. The molecule has 3 atom stereocenters. The number of hydrogen-bond donors (Lipinski definition) is 2. The van der Waals surface area contributed by atoms with Gasteiger partial charge in [-0.25, -0.2) is 0 Å². The van der Waals surface area contributed by atoms with E-state index in [9.17, 15) is 0 Å². The van der Waals surface area contributed by atoms with Gasteiger partial charge in [0.15, 0.2) is 0 Å². The lowest BCUT2D eigenvalue weighted by Gasteiger charge is -2.09. The highest BCUT2D eigenvalue weighted by Gasteiger charge is 2.32. The SMILES string of the molecule is [N-]=[N+]=NC1[C@H](O)CC[C@@H]1O. The number of aliphatic hydroxyl groups is 2. The van der Waals surface area contributed by atoms with Gasteiger partial charge < -0.3 is 10.2 Å². The van der Waals surface area contributed by atoms with Crippen LogP contribution in [0, 0.1) is 0 Å². The van der Waals surface area contributed by atoms with Crippen LogP contribution in [0.4, 0.5) is 0 Å². The van der Waals surface area contributed by atoms with Gasteiger partial charge in [-0.05, 0) is 18.4 Å². The van der Waals surface area contributed by atoms with Gasteiger partial charge in [-0.1, -0.05) is 5.11 Å². The van der Waals surface area contributed by atoms with Crippen LogP contribution in [0.2, 0.25) is 0 Å². The molecule has 0 aliphatic heterocycles. The summed E-state index contributed by atoms with van der Waals surface area (Å²) in [6, 6.07) is -0.634. The Balaban J connectivity index is 2.62. The second kappa shape index (κ2) is 2.88. The number of rotatable bonds is 1. The lowest BCUT2D eigenvalue weighted by molar-refractivity contribution is 0.111. The molecule has 0 aromatic rings. The quantitative estimate of drug-likeness (QED) is 0.311. The van der Waals surface area contributed by atoms with Crippen molar-refractivity contribution in [1.82, 2.24) is 0 Å². The van der Waals surface area contributed by atoms with Crippen molar-refractivity contribution in [3.8, 4) is 0 Å². The largest absolute Gasteiger partial charge is 0.393 e. The Labute approximate surface area is 57.9 Å². The molecule has 1 unspecified atom stereocenters. The van der Waals surface area contributed by atoms with Crippen LogP contribution >= 0.6 is 0 Å². The van der Waals surface area contributed by atoms with Crippen LogP contribution in [0.1, 0.15) is 12.8 Å². The Morgan fingerprint density at radius 3 is 2.20 bits per heavy atom. The predicted octanol–water partition coefficient (Wildman–Crippen LogP) is 0.181. The molecule has 2 N–H and O–H groups in total. The van der Waals surface area contributed by atoms with E-state index in [1.807, 2.05) is 0 Å². The average Bonchev–Trinajstić information content (AvgIpc) is 2.20. The van der Waals surface area contributed by atoms with Gasteiger partial charge >= 0.3 is 0 Å². The topological polar surface area (TPSA) is 89.2 Å². The van der Waals surface area contributed by atoms with Gasteiger partial charge in [0.2, 0.25) is 0 Å². The van der Waals surface area contributed by atoms with Crippen LogP contribution in [0.25, 0.3) is 10.4 Å². The van der Waals surface area contributed by atoms with E-state index in [2.05, 4.69) is 10.0 Å². The number of azide groups is 1. The molecule has 0 aromatic heterocycles. The maximum absolute atomic E-state index is 9.07.